The highest BCUT2D eigenvalue weighted by Gasteiger charge is 2.05. The molecule has 1 nitrogen and oxygen atoms in total. The molecule has 26 heavy (non-hydrogen) atoms. The van der Waals surface area contributed by atoms with Gasteiger partial charge in [-0.15, -0.1) is 0 Å². The molecule has 3 aromatic carbocycles. The third kappa shape index (κ3) is 4.35. The fraction of sp³-hybridized carbons (Fsp3) is 0.280. The first kappa shape index (κ1) is 18.3. The molecule has 0 radical (unpaired) electrons. The van der Waals surface area contributed by atoms with Gasteiger partial charge in [0.15, 0.2) is 0 Å². The molecule has 0 amide bonds. The average molecular weight is 344 g/mol. The van der Waals surface area contributed by atoms with Crippen LogP contribution in [-0.4, -0.2) is 6.61 Å². The van der Waals surface area contributed by atoms with Crippen LogP contribution in [0, 0.1) is 0 Å². The molecule has 0 saturated heterocycles. The van der Waals surface area contributed by atoms with Crippen molar-refractivity contribution in [3.63, 3.8) is 0 Å². The quantitative estimate of drug-likeness (QED) is 0.398. The van der Waals surface area contributed by atoms with E-state index in [1.807, 2.05) is 13.0 Å². The van der Waals surface area contributed by atoms with E-state index in [1.54, 1.807) is 0 Å². The maximum atomic E-state index is 5.59. The molecular weight excluding hydrogens is 316 g/mol. The highest BCUT2D eigenvalue weighted by Crippen LogP contribution is 2.27. The summed E-state index contributed by atoms with van der Waals surface area (Å²) in [4.78, 5) is 0. The number of rotatable bonds is 8. The molecule has 0 aliphatic rings. The second kappa shape index (κ2) is 8.71. The Morgan fingerprint density at radius 1 is 0.808 bits per heavy atom. The number of ether oxygens (including phenoxy) is 1. The summed E-state index contributed by atoms with van der Waals surface area (Å²) in [5, 5.41) is 2.40. The summed E-state index contributed by atoms with van der Waals surface area (Å²) >= 11 is 0. The van der Waals surface area contributed by atoms with Crippen molar-refractivity contribution < 1.29 is 4.74 Å². The lowest BCUT2D eigenvalue weighted by Crippen LogP contribution is -1.91. The van der Waals surface area contributed by atoms with Gasteiger partial charge in [-0.05, 0) is 71.0 Å². The van der Waals surface area contributed by atoms with Gasteiger partial charge in [0.05, 0.1) is 6.61 Å². The zero-order valence-corrected chi connectivity index (χ0v) is 15.9. The van der Waals surface area contributed by atoms with E-state index in [2.05, 4.69) is 68.1 Å². The highest BCUT2D eigenvalue weighted by molar-refractivity contribution is 5.89. The number of aryl methyl sites for hydroxylation is 1. The van der Waals surface area contributed by atoms with Crippen LogP contribution in [0.2, 0.25) is 0 Å². The van der Waals surface area contributed by atoms with Crippen LogP contribution >= 0.6 is 0 Å². The predicted octanol–water partition coefficient (Wildman–Crippen LogP) is 7.03. The van der Waals surface area contributed by atoms with E-state index in [4.69, 9.17) is 4.74 Å². The van der Waals surface area contributed by atoms with Gasteiger partial charge in [0.2, 0.25) is 0 Å². The van der Waals surface area contributed by atoms with Gasteiger partial charge in [-0.1, -0.05) is 68.8 Å². The molecule has 134 valence electrons. The largest absolute Gasteiger partial charge is 0.494 e. The Balaban J connectivity index is 1.77. The Kier molecular flexibility index (Phi) is 6.12. The molecule has 0 saturated carbocycles. The molecule has 3 rings (SSSR count). The van der Waals surface area contributed by atoms with Crippen molar-refractivity contribution in [1.82, 2.24) is 0 Å². The highest BCUT2D eigenvalue weighted by atomic mass is 16.5. The van der Waals surface area contributed by atoms with Crippen LogP contribution in [0.15, 0.2) is 67.2 Å². The van der Waals surface area contributed by atoms with Crippen molar-refractivity contribution in [2.45, 2.75) is 39.5 Å². The Morgan fingerprint density at radius 3 is 2.23 bits per heavy atom. The first-order chi connectivity index (χ1) is 12.7. The molecule has 0 N–H and O–H groups in total. The monoisotopic (exact) mass is 344 g/mol. The summed E-state index contributed by atoms with van der Waals surface area (Å²) in [6, 6.07) is 21.6. The van der Waals surface area contributed by atoms with E-state index in [0.29, 0.717) is 6.61 Å². The molecule has 0 aromatic heterocycles. The smallest absolute Gasteiger partial charge is 0.119 e. The first-order valence-electron chi connectivity index (χ1n) is 9.66. The number of hydrogen-bond acceptors (Lipinski definition) is 1. The Labute approximate surface area is 157 Å². The van der Waals surface area contributed by atoms with Gasteiger partial charge in [0.25, 0.3) is 0 Å². The van der Waals surface area contributed by atoms with Crippen molar-refractivity contribution >= 4 is 16.3 Å². The Hall–Kier alpha value is -2.54. The summed E-state index contributed by atoms with van der Waals surface area (Å²) in [5.74, 6) is 0.922. The summed E-state index contributed by atoms with van der Waals surface area (Å²) < 4.78 is 5.59. The van der Waals surface area contributed by atoms with E-state index in [-0.39, 0.29) is 0 Å². The van der Waals surface area contributed by atoms with Crippen LogP contribution in [0.4, 0.5) is 0 Å². The third-order valence-electron chi connectivity index (χ3n) is 4.84. The standard InChI is InChI=1S/C25H28O/c1-4-6-7-8-20-9-11-21(12-10-20)19(3)22-13-14-24-18-25(26-5-2)16-15-23(24)17-22/h9-18H,3-8H2,1-2H3. The predicted molar refractivity (Wildman–Crippen MR) is 113 cm³/mol. The molecule has 0 atom stereocenters. The molecule has 1 heteroatoms. The van der Waals surface area contributed by atoms with Crippen molar-refractivity contribution in [2.24, 2.45) is 0 Å². The lowest BCUT2D eigenvalue weighted by atomic mass is 9.95. The van der Waals surface area contributed by atoms with Crippen molar-refractivity contribution in [2.75, 3.05) is 6.61 Å². The van der Waals surface area contributed by atoms with E-state index >= 15 is 0 Å². The molecule has 0 bridgehead atoms. The second-order valence-electron chi connectivity index (χ2n) is 6.79. The van der Waals surface area contributed by atoms with E-state index in [1.165, 1.54) is 53.1 Å². The number of fused-ring (bicyclic) bond motifs is 1. The summed E-state index contributed by atoms with van der Waals surface area (Å²) in [6.45, 7) is 9.27. The van der Waals surface area contributed by atoms with Gasteiger partial charge in [-0.2, -0.15) is 0 Å². The fourth-order valence-electron chi connectivity index (χ4n) is 3.29. The van der Waals surface area contributed by atoms with E-state index in [9.17, 15) is 0 Å². The van der Waals surface area contributed by atoms with Crippen LogP contribution < -0.4 is 4.74 Å². The van der Waals surface area contributed by atoms with Gasteiger partial charge in [-0.3, -0.25) is 0 Å². The maximum absolute atomic E-state index is 5.59. The van der Waals surface area contributed by atoms with Crippen LogP contribution in [0.1, 0.15) is 49.8 Å². The molecule has 0 unspecified atom stereocenters. The van der Waals surface area contributed by atoms with Gasteiger partial charge >= 0.3 is 0 Å². The minimum Gasteiger partial charge on any atom is -0.494 e. The van der Waals surface area contributed by atoms with Gasteiger partial charge in [-0.25, -0.2) is 0 Å². The summed E-state index contributed by atoms with van der Waals surface area (Å²) in [7, 11) is 0. The minimum atomic E-state index is 0.689. The summed E-state index contributed by atoms with van der Waals surface area (Å²) in [6.07, 6.45) is 5.00. The SMILES string of the molecule is C=C(c1ccc(CCCCC)cc1)c1ccc2cc(OCC)ccc2c1. The van der Waals surface area contributed by atoms with Gasteiger partial charge in [0, 0.05) is 0 Å². The van der Waals surface area contributed by atoms with Gasteiger partial charge < -0.3 is 4.74 Å². The molecule has 0 aliphatic carbocycles. The lowest BCUT2D eigenvalue weighted by molar-refractivity contribution is 0.341. The molecule has 0 heterocycles. The van der Waals surface area contributed by atoms with Crippen molar-refractivity contribution in [3.05, 3.63) is 83.9 Å². The molecule has 0 aliphatic heterocycles. The molecule has 0 spiro atoms. The topological polar surface area (TPSA) is 9.23 Å². The van der Waals surface area contributed by atoms with Crippen LogP contribution in [0.3, 0.4) is 0 Å². The number of unbranched alkanes of at least 4 members (excludes halogenated alkanes) is 2. The summed E-state index contributed by atoms with van der Waals surface area (Å²) in [5.41, 5.74) is 4.84. The second-order valence-corrected chi connectivity index (χ2v) is 6.79. The first-order valence-corrected chi connectivity index (χ1v) is 9.66. The zero-order valence-electron chi connectivity index (χ0n) is 15.9. The van der Waals surface area contributed by atoms with Crippen LogP contribution in [0.25, 0.3) is 16.3 Å². The molecular formula is C25H28O. The number of hydrogen-bond donors (Lipinski definition) is 0. The zero-order chi connectivity index (χ0) is 18.4. The number of benzene rings is 3. The third-order valence-corrected chi connectivity index (χ3v) is 4.84. The normalized spacial score (nSPS) is 10.8. The maximum Gasteiger partial charge on any atom is 0.119 e. The van der Waals surface area contributed by atoms with Crippen LogP contribution in [0.5, 0.6) is 5.75 Å². The lowest BCUT2D eigenvalue weighted by Gasteiger charge is -2.10. The fourth-order valence-corrected chi connectivity index (χ4v) is 3.29. The average Bonchev–Trinajstić information content (AvgIpc) is 2.68. The Bertz CT molecular complexity index is 874. The van der Waals surface area contributed by atoms with Crippen molar-refractivity contribution in [1.29, 1.82) is 0 Å². The van der Waals surface area contributed by atoms with Crippen molar-refractivity contribution in [3.8, 4) is 5.75 Å². The molecule has 0 fully saturated rings. The van der Waals surface area contributed by atoms with E-state index in [0.717, 1.165) is 11.3 Å². The minimum absolute atomic E-state index is 0.689. The molecule has 3 aromatic rings. The Morgan fingerprint density at radius 2 is 1.50 bits per heavy atom. The van der Waals surface area contributed by atoms with Gasteiger partial charge in [0.1, 0.15) is 5.75 Å². The van der Waals surface area contributed by atoms with E-state index < -0.39 is 0 Å². The van der Waals surface area contributed by atoms with Crippen LogP contribution in [-0.2, 0) is 6.42 Å².